The summed E-state index contributed by atoms with van der Waals surface area (Å²) in [6.45, 7) is 2.12. The summed E-state index contributed by atoms with van der Waals surface area (Å²) in [5.74, 6) is 0.687. The van der Waals surface area contributed by atoms with Crippen LogP contribution in [-0.2, 0) is 10.2 Å². The van der Waals surface area contributed by atoms with E-state index in [9.17, 15) is 4.79 Å². The van der Waals surface area contributed by atoms with Crippen molar-refractivity contribution in [3.8, 4) is 0 Å². The fraction of sp³-hybridized carbons (Fsp3) is 0.611. The number of hydrogen-bond acceptors (Lipinski definition) is 1. The summed E-state index contributed by atoms with van der Waals surface area (Å²) in [6, 6.07) is 7.87. The van der Waals surface area contributed by atoms with Crippen LogP contribution in [0, 0.1) is 5.92 Å². The van der Waals surface area contributed by atoms with Gasteiger partial charge in [-0.1, -0.05) is 68.7 Å². The summed E-state index contributed by atoms with van der Waals surface area (Å²) < 4.78 is 0. The molecular formula is C18H23ClLiNO. The van der Waals surface area contributed by atoms with Gasteiger partial charge in [-0.25, -0.2) is 0 Å². The average molecular weight is 312 g/mol. The Morgan fingerprint density at radius 3 is 2.32 bits per heavy atom. The monoisotopic (exact) mass is 311 g/mol. The predicted molar refractivity (Wildman–Crippen MR) is 86.8 cm³/mol. The van der Waals surface area contributed by atoms with Gasteiger partial charge in [-0.3, -0.25) is 0 Å². The summed E-state index contributed by atoms with van der Waals surface area (Å²) >= 11 is 5.94. The van der Waals surface area contributed by atoms with E-state index in [-0.39, 0.29) is 36.2 Å². The Balaban J connectivity index is 0.00000176. The molecule has 2 nitrogen and oxygen atoms in total. The molecule has 0 spiro atoms. The largest absolute Gasteiger partial charge is 1.00 e. The smallest absolute Gasteiger partial charge is 0.650 e. The molecule has 0 heterocycles. The number of rotatable bonds is 4. The third kappa shape index (κ3) is 3.73. The third-order valence-corrected chi connectivity index (χ3v) is 5.46. The number of hydrogen-bond donors (Lipinski definition) is 0. The molecule has 3 rings (SSSR count). The molecule has 0 aromatic heterocycles. The van der Waals surface area contributed by atoms with E-state index in [0.29, 0.717) is 5.92 Å². The predicted octanol–water partition coefficient (Wildman–Crippen LogP) is 2.24. The normalized spacial score (nSPS) is 21.5. The molecule has 22 heavy (non-hydrogen) atoms. The van der Waals surface area contributed by atoms with Crippen LogP contribution in [-0.4, -0.2) is 11.9 Å². The molecule has 2 fully saturated rings. The van der Waals surface area contributed by atoms with Crippen LogP contribution in [0.15, 0.2) is 24.3 Å². The van der Waals surface area contributed by atoms with Crippen LogP contribution in [0.25, 0.3) is 5.32 Å². The van der Waals surface area contributed by atoms with Crippen molar-refractivity contribution < 1.29 is 23.7 Å². The molecule has 1 amide bonds. The first-order valence-corrected chi connectivity index (χ1v) is 8.51. The van der Waals surface area contributed by atoms with Gasteiger partial charge in [-0.15, -0.1) is 6.04 Å². The fourth-order valence-corrected chi connectivity index (χ4v) is 3.68. The molecule has 1 aromatic rings. The van der Waals surface area contributed by atoms with Gasteiger partial charge in [0.2, 0.25) is 0 Å². The molecule has 0 unspecified atom stereocenters. The summed E-state index contributed by atoms with van der Waals surface area (Å²) in [7, 11) is 0. The van der Waals surface area contributed by atoms with E-state index in [1.165, 1.54) is 32.1 Å². The van der Waals surface area contributed by atoms with E-state index < -0.39 is 0 Å². The maximum absolute atomic E-state index is 12.7. The minimum Gasteiger partial charge on any atom is -0.650 e. The molecule has 1 aromatic carbocycles. The van der Waals surface area contributed by atoms with E-state index in [1.54, 1.807) is 0 Å². The molecule has 0 aliphatic heterocycles. The van der Waals surface area contributed by atoms with Gasteiger partial charge in [0.1, 0.15) is 0 Å². The Kier molecular flexibility index (Phi) is 6.05. The van der Waals surface area contributed by atoms with E-state index >= 15 is 0 Å². The van der Waals surface area contributed by atoms with Gasteiger partial charge in [0, 0.05) is 10.4 Å². The molecule has 2 saturated carbocycles. The van der Waals surface area contributed by atoms with Gasteiger partial charge in [0.25, 0.3) is 0 Å². The van der Waals surface area contributed by atoms with Crippen LogP contribution < -0.4 is 18.9 Å². The van der Waals surface area contributed by atoms with Gasteiger partial charge < -0.3 is 10.1 Å². The summed E-state index contributed by atoms with van der Waals surface area (Å²) in [5, 5.41) is 5.28. The van der Waals surface area contributed by atoms with Gasteiger partial charge in [0.15, 0.2) is 0 Å². The van der Waals surface area contributed by atoms with Gasteiger partial charge in [-0.05, 0) is 30.5 Å². The van der Waals surface area contributed by atoms with Gasteiger partial charge >= 0.3 is 18.9 Å². The number of amides is 1. The van der Waals surface area contributed by atoms with Crippen molar-refractivity contribution >= 4 is 17.5 Å². The number of benzene rings is 1. The molecule has 2 aliphatic rings. The van der Waals surface area contributed by atoms with Crippen molar-refractivity contribution in [3.63, 3.8) is 0 Å². The molecule has 1 atom stereocenters. The van der Waals surface area contributed by atoms with Crippen molar-refractivity contribution in [2.75, 3.05) is 0 Å². The standard InChI is InChI=1S/C18H24ClNO.Li/c1-13(14-5-3-2-4-6-14)20-17(21)18(11-12-18)15-7-9-16(19)10-8-15;/h7-10,13-14H,2-6,11-12H2,1H3,(H,20,21);/q;+1/p-1/t13-;/m1./s1. The van der Waals surface area contributed by atoms with Crippen molar-refractivity contribution in [1.29, 1.82) is 0 Å². The zero-order valence-corrected chi connectivity index (χ0v) is 14.4. The van der Waals surface area contributed by atoms with Crippen LogP contribution in [0.2, 0.25) is 5.02 Å². The van der Waals surface area contributed by atoms with Crippen molar-refractivity contribution in [3.05, 3.63) is 40.2 Å². The number of nitrogens with zero attached hydrogens (tertiary/aromatic N) is 1. The van der Waals surface area contributed by atoms with E-state index in [1.807, 2.05) is 24.3 Å². The summed E-state index contributed by atoms with van der Waals surface area (Å²) in [4.78, 5) is 12.7. The molecule has 4 heteroatoms. The van der Waals surface area contributed by atoms with E-state index in [0.717, 1.165) is 23.4 Å². The zero-order valence-electron chi connectivity index (χ0n) is 13.6. The number of halogens is 1. The SMILES string of the molecule is C[C@@H]([N-]C(=O)C1(c2ccc(Cl)cc2)CC1)C1CCCCC1.[Li+]. The maximum Gasteiger partial charge on any atom is 1.00 e. The second-order valence-electron chi connectivity index (χ2n) is 6.66. The molecule has 0 N–H and O–H groups in total. The Morgan fingerprint density at radius 1 is 1.18 bits per heavy atom. The average Bonchev–Trinajstić information content (AvgIpc) is 3.30. The van der Waals surface area contributed by atoms with Crippen LogP contribution in [0.5, 0.6) is 0 Å². The van der Waals surface area contributed by atoms with Crippen LogP contribution in [0.4, 0.5) is 0 Å². The van der Waals surface area contributed by atoms with Crippen molar-refractivity contribution in [1.82, 2.24) is 0 Å². The minimum atomic E-state index is -0.340. The summed E-state index contributed by atoms with van der Waals surface area (Å²) in [5.41, 5.74) is 0.740. The second kappa shape index (κ2) is 7.43. The Morgan fingerprint density at radius 2 is 1.77 bits per heavy atom. The third-order valence-electron chi connectivity index (χ3n) is 5.21. The van der Waals surface area contributed by atoms with Gasteiger partial charge in [0.05, 0.1) is 5.91 Å². The Bertz CT molecular complexity index is 506. The van der Waals surface area contributed by atoms with Gasteiger partial charge in [-0.2, -0.15) is 0 Å². The van der Waals surface area contributed by atoms with E-state index in [4.69, 9.17) is 11.6 Å². The van der Waals surface area contributed by atoms with Crippen LogP contribution in [0.3, 0.4) is 0 Å². The summed E-state index contributed by atoms with van der Waals surface area (Å²) in [6.07, 6.45) is 8.23. The zero-order chi connectivity index (χ0) is 14.9. The molecule has 2 aliphatic carbocycles. The second-order valence-corrected chi connectivity index (χ2v) is 7.10. The molecular weight excluding hydrogens is 289 g/mol. The number of carbonyl (C=O) groups is 1. The Labute approximate surface area is 150 Å². The first-order valence-electron chi connectivity index (χ1n) is 8.13. The van der Waals surface area contributed by atoms with Crippen molar-refractivity contribution in [2.24, 2.45) is 5.92 Å². The van der Waals surface area contributed by atoms with Crippen LogP contribution in [0.1, 0.15) is 57.4 Å². The Hall–Kier alpha value is -0.423. The molecule has 114 valence electrons. The molecule has 0 bridgehead atoms. The fourth-order valence-electron chi connectivity index (χ4n) is 3.55. The van der Waals surface area contributed by atoms with Crippen LogP contribution >= 0.6 is 11.6 Å². The van der Waals surface area contributed by atoms with Crippen molar-refractivity contribution in [2.45, 2.75) is 63.3 Å². The maximum atomic E-state index is 12.7. The number of carbonyl (C=O) groups excluding carboxylic acids is 1. The molecule has 0 saturated heterocycles. The quantitative estimate of drug-likeness (QED) is 0.785. The first-order chi connectivity index (χ1) is 10.1. The first kappa shape index (κ1) is 17.9. The van der Waals surface area contributed by atoms with E-state index in [2.05, 4.69) is 12.2 Å². The molecule has 0 radical (unpaired) electrons. The topological polar surface area (TPSA) is 31.2 Å². The minimum absolute atomic E-state index is 0.